The van der Waals surface area contributed by atoms with E-state index >= 15 is 0 Å². The lowest BCUT2D eigenvalue weighted by atomic mass is 10.0. The Labute approximate surface area is 501 Å². The zero-order valence-electron chi connectivity index (χ0n) is 53.0. The van der Waals surface area contributed by atoms with Gasteiger partial charge in [-0.15, -0.1) is 0 Å². The van der Waals surface area contributed by atoms with Gasteiger partial charge in [-0.25, -0.2) is 0 Å². The van der Waals surface area contributed by atoms with Crippen molar-refractivity contribution in [2.24, 2.45) is 0 Å². The summed E-state index contributed by atoms with van der Waals surface area (Å²) in [6.07, 6.45) is 95.2. The van der Waals surface area contributed by atoms with Gasteiger partial charge in [-0.2, -0.15) is 0 Å². The van der Waals surface area contributed by atoms with E-state index in [2.05, 4.69) is 142 Å². The van der Waals surface area contributed by atoms with Crippen molar-refractivity contribution in [3.05, 3.63) is 122 Å². The van der Waals surface area contributed by atoms with Crippen molar-refractivity contribution in [2.45, 2.75) is 322 Å². The molecule has 0 aromatic heterocycles. The number of unbranched alkanes of at least 4 members (excludes halogenated alkanes) is 30. The van der Waals surface area contributed by atoms with Gasteiger partial charge in [-0.3, -0.25) is 14.4 Å². The Hall–Kier alpha value is -4.19. The minimum Gasteiger partial charge on any atom is -0.462 e. The summed E-state index contributed by atoms with van der Waals surface area (Å²) in [4.78, 5) is 38.2. The highest BCUT2D eigenvalue weighted by Crippen LogP contribution is 2.17. The van der Waals surface area contributed by atoms with E-state index < -0.39 is 6.10 Å². The third-order valence-corrected chi connectivity index (χ3v) is 14.5. The number of esters is 3. The van der Waals surface area contributed by atoms with Gasteiger partial charge in [0.2, 0.25) is 0 Å². The zero-order chi connectivity index (χ0) is 58.5. The summed E-state index contributed by atoms with van der Waals surface area (Å²) in [7, 11) is 0. The molecule has 6 heteroatoms. The highest BCUT2D eigenvalue weighted by Gasteiger charge is 2.19. The van der Waals surface area contributed by atoms with Gasteiger partial charge in [0.15, 0.2) is 6.10 Å². The Bertz CT molecular complexity index is 1670. The maximum Gasteiger partial charge on any atom is 0.306 e. The summed E-state index contributed by atoms with van der Waals surface area (Å²) in [5, 5.41) is 0. The predicted octanol–water partition coefficient (Wildman–Crippen LogP) is 23.6. The second kappa shape index (κ2) is 68.3. The van der Waals surface area contributed by atoms with Crippen molar-refractivity contribution in [2.75, 3.05) is 13.2 Å². The second-order valence-corrected chi connectivity index (χ2v) is 22.3. The summed E-state index contributed by atoms with van der Waals surface area (Å²) in [6.45, 7) is 6.40. The highest BCUT2D eigenvalue weighted by atomic mass is 16.6. The van der Waals surface area contributed by atoms with E-state index in [1.54, 1.807) is 0 Å². The van der Waals surface area contributed by atoms with E-state index in [0.29, 0.717) is 19.3 Å². The highest BCUT2D eigenvalue weighted by molar-refractivity contribution is 5.71. The monoisotopic (exact) mass is 1120 g/mol. The summed E-state index contributed by atoms with van der Waals surface area (Å²) in [6, 6.07) is 0. The van der Waals surface area contributed by atoms with E-state index in [1.165, 1.54) is 141 Å². The molecule has 6 nitrogen and oxygen atoms in total. The van der Waals surface area contributed by atoms with Gasteiger partial charge in [0.05, 0.1) is 0 Å². The smallest absolute Gasteiger partial charge is 0.306 e. The van der Waals surface area contributed by atoms with Crippen LogP contribution in [0.2, 0.25) is 0 Å². The van der Waals surface area contributed by atoms with Crippen LogP contribution < -0.4 is 0 Å². The van der Waals surface area contributed by atoms with Crippen LogP contribution in [0.15, 0.2) is 122 Å². The standard InChI is InChI=1S/C75H126O6/c1-4-7-10-13-16-19-21-23-25-27-29-30-31-32-33-34-35-36-37-38-39-40-41-42-43-44-46-47-49-51-53-56-59-62-65-68-74(77)80-71-72(70-79-73(76)67-64-61-58-55-18-15-12-9-6-3)81-75(78)69-66-63-60-57-54-52-50-48-45-28-26-24-22-20-17-14-11-8-5-2/h7-8,10-11,16-17,19-20,23-26,29-30,32-33,35-36,45,48,72H,4-6,9,12-15,18,21-22,27-28,31,34,37-44,46-47,49-71H2,1-3H3/b10-7-,11-8-,19-16-,20-17-,25-23-,26-24-,30-29-,33-32-,36-35-,48-45-. The molecular formula is C75H126O6. The van der Waals surface area contributed by atoms with E-state index in [9.17, 15) is 14.4 Å². The number of hydrogen-bond acceptors (Lipinski definition) is 6. The van der Waals surface area contributed by atoms with Crippen LogP contribution in [-0.4, -0.2) is 37.2 Å². The Morgan fingerprint density at radius 2 is 0.481 bits per heavy atom. The molecule has 0 N–H and O–H groups in total. The van der Waals surface area contributed by atoms with Crippen molar-refractivity contribution in [3.63, 3.8) is 0 Å². The molecule has 0 aliphatic carbocycles. The molecule has 0 bridgehead atoms. The molecule has 0 aromatic rings. The molecule has 0 radical (unpaired) electrons. The zero-order valence-corrected chi connectivity index (χ0v) is 53.0. The van der Waals surface area contributed by atoms with Crippen LogP contribution in [0.4, 0.5) is 0 Å². The minimum atomic E-state index is -0.785. The second-order valence-electron chi connectivity index (χ2n) is 22.3. The number of hydrogen-bond donors (Lipinski definition) is 0. The number of ether oxygens (including phenoxy) is 3. The Morgan fingerprint density at radius 1 is 0.259 bits per heavy atom. The Balaban J connectivity index is 4.11. The molecule has 0 aliphatic heterocycles. The van der Waals surface area contributed by atoms with Crippen LogP contribution in [0.5, 0.6) is 0 Å². The quantitative estimate of drug-likeness (QED) is 0.0261. The fraction of sp³-hybridized carbons (Fsp3) is 0.693. The van der Waals surface area contributed by atoms with Crippen molar-refractivity contribution >= 4 is 17.9 Å². The van der Waals surface area contributed by atoms with Crippen molar-refractivity contribution in [3.8, 4) is 0 Å². The molecule has 1 unspecified atom stereocenters. The van der Waals surface area contributed by atoms with Crippen LogP contribution >= 0.6 is 0 Å². The fourth-order valence-corrected chi connectivity index (χ4v) is 9.44. The first-order valence-corrected chi connectivity index (χ1v) is 34.0. The fourth-order valence-electron chi connectivity index (χ4n) is 9.44. The SMILES string of the molecule is CC/C=C\C/C=C\C/C=C\C/C=C\C/C=C\C/C=C\CCCCCCCCCCCCCCCCCCC(=O)OCC(COC(=O)CCCCCCCCCCC)OC(=O)CCCCCCCC/C=C\C/C=C\C/C=C\C/C=C\CC. The van der Waals surface area contributed by atoms with Crippen LogP contribution in [-0.2, 0) is 28.6 Å². The minimum absolute atomic E-state index is 0.0815. The maximum absolute atomic E-state index is 12.9. The van der Waals surface area contributed by atoms with Gasteiger partial charge in [-0.05, 0) is 109 Å². The van der Waals surface area contributed by atoms with E-state index in [4.69, 9.17) is 14.2 Å². The van der Waals surface area contributed by atoms with Gasteiger partial charge in [0, 0.05) is 19.3 Å². The van der Waals surface area contributed by atoms with Gasteiger partial charge >= 0.3 is 17.9 Å². The van der Waals surface area contributed by atoms with Crippen LogP contribution in [0, 0.1) is 0 Å². The first kappa shape index (κ1) is 76.8. The summed E-state index contributed by atoms with van der Waals surface area (Å²) >= 11 is 0. The average molecular weight is 1120 g/mol. The summed E-state index contributed by atoms with van der Waals surface area (Å²) in [5.74, 6) is -0.889. The lowest BCUT2D eigenvalue weighted by molar-refractivity contribution is -0.167. The Kier molecular flexibility index (Phi) is 64.8. The molecule has 0 fully saturated rings. The van der Waals surface area contributed by atoms with Crippen molar-refractivity contribution in [1.29, 1.82) is 0 Å². The van der Waals surface area contributed by atoms with E-state index in [0.717, 1.165) is 135 Å². The molecule has 0 rings (SSSR count). The molecule has 0 aliphatic rings. The third-order valence-electron chi connectivity index (χ3n) is 14.5. The molecule has 0 saturated carbocycles. The molecule has 1 atom stereocenters. The average Bonchev–Trinajstić information content (AvgIpc) is 3.47. The largest absolute Gasteiger partial charge is 0.462 e. The first-order chi connectivity index (χ1) is 40.0. The maximum atomic E-state index is 12.9. The topological polar surface area (TPSA) is 78.9 Å². The van der Waals surface area contributed by atoms with Crippen LogP contribution in [0.3, 0.4) is 0 Å². The van der Waals surface area contributed by atoms with E-state index in [-0.39, 0.29) is 31.1 Å². The van der Waals surface area contributed by atoms with Crippen molar-refractivity contribution < 1.29 is 28.6 Å². The number of carbonyl (C=O) groups is 3. The van der Waals surface area contributed by atoms with Gasteiger partial charge in [-0.1, -0.05) is 309 Å². The predicted molar refractivity (Wildman–Crippen MR) is 353 cm³/mol. The van der Waals surface area contributed by atoms with Gasteiger partial charge in [0.25, 0.3) is 0 Å². The number of carbonyl (C=O) groups excluding carboxylic acids is 3. The third kappa shape index (κ3) is 66.5. The molecule has 0 amide bonds. The van der Waals surface area contributed by atoms with Crippen LogP contribution in [0.25, 0.3) is 0 Å². The van der Waals surface area contributed by atoms with Crippen molar-refractivity contribution in [1.82, 2.24) is 0 Å². The number of allylic oxidation sites excluding steroid dienone is 20. The van der Waals surface area contributed by atoms with Crippen LogP contribution in [0.1, 0.15) is 316 Å². The van der Waals surface area contributed by atoms with E-state index in [1.807, 2.05) is 0 Å². The number of rotatable bonds is 61. The van der Waals surface area contributed by atoms with Gasteiger partial charge in [0.1, 0.15) is 13.2 Å². The molecular weight excluding hydrogens is 997 g/mol. The summed E-state index contributed by atoms with van der Waals surface area (Å²) in [5.41, 5.74) is 0. The first-order valence-electron chi connectivity index (χ1n) is 34.0. The normalized spacial score (nSPS) is 12.9. The van der Waals surface area contributed by atoms with Gasteiger partial charge < -0.3 is 14.2 Å². The molecule has 0 spiro atoms. The summed E-state index contributed by atoms with van der Waals surface area (Å²) < 4.78 is 16.9. The molecule has 0 saturated heterocycles. The molecule has 0 aromatic carbocycles. The molecule has 81 heavy (non-hydrogen) atoms. The molecule has 0 heterocycles. The molecule has 462 valence electrons. The lowest BCUT2D eigenvalue weighted by Crippen LogP contribution is -2.30. The lowest BCUT2D eigenvalue weighted by Gasteiger charge is -2.18. The Morgan fingerprint density at radius 3 is 0.753 bits per heavy atom.